The third kappa shape index (κ3) is 7.06. The van der Waals surface area contributed by atoms with Crippen molar-refractivity contribution in [2.24, 2.45) is 5.73 Å². The second-order valence-corrected chi connectivity index (χ2v) is 7.53. The van der Waals surface area contributed by atoms with Crippen molar-refractivity contribution >= 4 is 24.1 Å². The van der Waals surface area contributed by atoms with Gasteiger partial charge in [0.05, 0.1) is 13.2 Å². The van der Waals surface area contributed by atoms with Crippen molar-refractivity contribution in [2.75, 3.05) is 25.5 Å². The standard InChI is InChI=1S/C9H21N2O4PS/c1-4-14-9(12)8(3)11-16(13,15-5-2)17-7-6-10/h8H,4-7,10H2,1-3H3,(H,11,13). The van der Waals surface area contributed by atoms with Crippen molar-refractivity contribution in [3.05, 3.63) is 0 Å². The van der Waals surface area contributed by atoms with E-state index in [-0.39, 0.29) is 0 Å². The fourth-order valence-corrected chi connectivity index (χ4v) is 4.78. The summed E-state index contributed by atoms with van der Waals surface area (Å²) < 4.78 is 22.3. The molecule has 0 aliphatic rings. The second kappa shape index (κ2) is 8.94. The minimum atomic E-state index is -3.08. The van der Waals surface area contributed by atoms with Gasteiger partial charge < -0.3 is 15.0 Å². The van der Waals surface area contributed by atoms with E-state index in [1.165, 1.54) is 0 Å². The molecule has 0 aromatic carbocycles. The van der Waals surface area contributed by atoms with Gasteiger partial charge in [-0.25, -0.2) is 5.09 Å². The Kier molecular flexibility index (Phi) is 8.90. The number of ether oxygens (including phenoxy) is 1. The molecular formula is C9H21N2O4PS. The van der Waals surface area contributed by atoms with E-state index in [1.807, 2.05) is 0 Å². The van der Waals surface area contributed by atoms with E-state index >= 15 is 0 Å². The average molecular weight is 284 g/mol. The highest BCUT2D eigenvalue weighted by Gasteiger charge is 2.28. The lowest BCUT2D eigenvalue weighted by molar-refractivity contribution is -0.144. The third-order valence-electron chi connectivity index (χ3n) is 1.67. The molecule has 0 radical (unpaired) electrons. The Morgan fingerprint density at radius 3 is 2.59 bits per heavy atom. The van der Waals surface area contributed by atoms with Crippen LogP contribution in [0, 0.1) is 0 Å². The van der Waals surface area contributed by atoms with Crippen LogP contribution in [0.15, 0.2) is 0 Å². The molecule has 0 aromatic rings. The van der Waals surface area contributed by atoms with Crippen molar-refractivity contribution in [1.82, 2.24) is 5.09 Å². The first-order valence-corrected chi connectivity index (χ1v) is 8.74. The summed E-state index contributed by atoms with van der Waals surface area (Å²) in [7, 11) is 0. The van der Waals surface area contributed by atoms with Gasteiger partial charge in [0, 0.05) is 12.3 Å². The van der Waals surface area contributed by atoms with Crippen LogP contribution in [0.5, 0.6) is 0 Å². The van der Waals surface area contributed by atoms with Crippen LogP contribution in [-0.2, 0) is 18.6 Å². The molecule has 2 atom stereocenters. The molecule has 3 N–H and O–H groups in total. The van der Waals surface area contributed by atoms with E-state index in [9.17, 15) is 9.36 Å². The van der Waals surface area contributed by atoms with E-state index in [0.717, 1.165) is 11.4 Å². The van der Waals surface area contributed by atoms with Crippen molar-refractivity contribution in [2.45, 2.75) is 26.8 Å². The van der Waals surface area contributed by atoms with Gasteiger partial charge in [-0.05, 0) is 20.8 Å². The molecule has 8 heteroatoms. The number of nitrogens with one attached hydrogen (secondary N) is 1. The molecule has 0 fully saturated rings. The normalized spacial score (nSPS) is 16.2. The zero-order valence-electron chi connectivity index (χ0n) is 10.5. The second-order valence-electron chi connectivity index (χ2n) is 3.14. The van der Waals surface area contributed by atoms with E-state index < -0.39 is 18.7 Å². The van der Waals surface area contributed by atoms with Crippen molar-refractivity contribution in [1.29, 1.82) is 0 Å². The van der Waals surface area contributed by atoms with Gasteiger partial charge in [0.1, 0.15) is 6.04 Å². The number of rotatable bonds is 9. The highest BCUT2D eigenvalue weighted by molar-refractivity contribution is 8.56. The van der Waals surface area contributed by atoms with Gasteiger partial charge in [-0.3, -0.25) is 9.36 Å². The first-order valence-electron chi connectivity index (χ1n) is 5.52. The predicted octanol–water partition coefficient (Wildman–Crippen LogP) is 1.36. The lowest BCUT2D eigenvalue weighted by atomic mass is 10.4. The van der Waals surface area contributed by atoms with Crippen LogP contribution >= 0.6 is 18.1 Å². The van der Waals surface area contributed by atoms with E-state index in [1.54, 1.807) is 20.8 Å². The molecule has 17 heavy (non-hydrogen) atoms. The Morgan fingerprint density at radius 1 is 1.47 bits per heavy atom. The lowest BCUT2D eigenvalue weighted by Gasteiger charge is -2.21. The minimum Gasteiger partial charge on any atom is -0.465 e. The first-order chi connectivity index (χ1) is 7.99. The zero-order chi connectivity index (χ0) is 13.3. The molecule has 0 bridgehead atoms. The van der Waals surface area contributed by atoms with Gasteiger partial charge >= 0.3 is 12.7 Å². The summed E-state index contributed by atoms with van der Waals surface area (Å²) in [4.78, 5) is 11.4. The first kappa shape index (κ1) is 16.9. The van der Waals surface area contributed by atoms with Crippen molar-refractivity contribution in [3.8, 4) is 0 Å². The molecule has 0 amide bonds. The fraction of sp³-hybridized carbons (Fsp3) is 0.889. The Balaban J connectivity index is 4.41. The molecule has 0 spiro atoms. The minimum absolute atomic E-state index is 0.291. The monoisotopic (exact) mass is 284 g/mol. The maximum atomic E-state index is 12.3. The molecule has 0 heterocycles. The van der Waals surface area contributed by atoms with E-state index in [0.29, 0.717) is 25.5 Å². The van der Waals surface area contributed by atoms with E-state index in [4.69, 9.17) is 15.0 Å². The highest BCUT2D eigenvalue weighted by Crippen LogP contribution is 2.55. The molecule has 2 unspecified atom stereocenters. The predicted molar refractivity (Wildman–Crippen MR) is 70.0 cm³/mol. The summed E-state index contributed by atoms with van der Waals surface area (Å²) in [5, 5.41) is 2.68. The quantitative estimate of drug-likeness (QED) is 0.488. The van der Waals surface area contributed by atoms with Crippen LogP contribution in [0.25, 0.3) is 0 Å². The van der Waals surface area contributed by atoms with Crippen LogP contribution in [0.4, 0.5) is 0 Å². The molecular weight excluding hydrogens is 263 g/mol. The van der Waals surface area contributed by atoms with Gasteiger partial charge in [0.15, 0.2) is 0 Å². The number of hydrogen-bond acceptors (Lipinski definition) is 6. The Labute approximate surface area is 106 Å². The van der Waals surface area contributed by atoms with Gasteiger partial charge in [-0.1, -0.05) is 11.4 Å². The highest BCUT2D eigenvalue weighted by atomic mass is 32.7. The molecule has 0 aromatic heterocycles. The Bertz CT molecular complexity index is 278. The van der Waals surface area contributed by atoms with Crippen LogP contribution in [0.3, 0.4) is 0 Å². The topological polar surface area (TPSA) is 90.6 Å². The van der Waals surface area contributed by atoms with E-state index in [2.05, 4.69) is 5.09 Å². The molecule has 102 valence electrons. The number of carbonyl (C=O) groups excluding carboxylic acids is 1. The number of nitrogens with two attached hydrogens (primary N) is 1. The van der Waals surface area contributed by atoms with Gasteiger partial charge in [-0.2, -0.15) is 0 Å². The molecule has 0 aliphatic heterocycles. The molecule has 0 rings (SSSR count). The van der Waals surface area contributed by atoms with Crippen LogP contribution in [-0.4, -0.2) is 37.5 Å². The van der Waals surface area contributed by atoms with Crippen LogP contribution < -0.4 is 10.8 Å². The van der Waals surface area contributed by atoms with Gasteiger partial charge in [0.2, 0.25) is 0 Å². The third-order valence-corrected chi connectivity index (χ3v) is 5.93. The summed E-state index contributed by atoms with van der Waals surface area (Å²) in [5.41, 5.74) is 5.35. The molecule has 0 saturated heterocycles. The average Bonchev–Trinajstić information content (AvgIpc) is 2.27. The number of hydrogen-bond donors (Lipinski definition) is 2. The summed E-state index contributed by atoms with van der Waals surface area (Å²) in [6, 6.07) is -0.669. The fourth-order valence-electron chi connectivity index (χ4n) is 1.01. The SMILES string of the molecule is CCOC(=O)C(C)NP(=O)(OCC)SCCN. The smallest absolute Gasteiger partial charge is 0.327 e. The summed E-state index contributed by atoms with van der Waals surface area (Å²) in [6.07, 6.45) is 0. The van der Waals surface area contributed by atoms with Crippen molar-refractivity contribution in [3.63, 3.8) is 0 Å². The van der Waals surface area contributed by atoms with Crippen LogP contribution in [0.1, 0.15) is 20.8 Å². The largest absolute Gasteiger partial charge is 0.465 e. The molecule has 6 nitrogen and oxygen atoms in total. The molecule has 0 saturated carbocycles. The lowest BCUT2D eigenvalue weighted by Crippen LogP contribution is -2.33. The van der Waals surface area contributed by atoms with Crippen LogP contribution in [0.2, 0.25) is 0 Å². The summed E-state index contributed by atoms with van der Waals surface area (Å²) in [6.45, 7) is 2.96. The summed E-state index contributed by atoms with van der Waals surface area (Å²) in [5.74, 6) is 0.0561. The Morgan fingerprint density at radius 2 is 2.12 bits per heavy atom. The number of carbonyl (C=O) groups is 1. The number of esters is 1. The van der Waals surface area contributed by atoms with Crippen molar-refractivity contribution < 1.29 is 18.6 Å². The van der Waals surface area contributed by atoms with Gasteiger partial charge in [0.25, 0.3) is 0 Å². The Hall–Kier alpha value is -0.0700. The molecule has 0 aliphatic carbocycles. The maximum absolute atomic E-state index is 12.3. The van der Waals surface area contributed by atoms with Gasteiger partial charge in [-0.15, -0.1) is 0 Å². The summed E-state index contributed by atoms with van der Waals surface area (Å²) >= 11 is 1.10. The zero-order valence-corrected chi connectivity index (χ0v) is 12.2. The maximum Gasteiger partial charge on any atom is 0.327 e.